The van der Waals surface area contributed by atoms with Gasteiger partial charge in [-0.1, -0.05) is 44.2 Å². The number of ether oxygens (including phenoxy) is 1. The number of thiocarbonyl (C=S) groups is 1. The zero-order chi connectivity index (χ0) is 26.4. The molecule has 0 spiro atoms. The van der Waals surface area contributed by atoms with Crippen LogP contribution in [0.25, 0.3) is 0 Å². The number of nitrogens with one attached hydrogen (secondary N) is 2. The van der Waals surface area contributed by atoms with E-state index in [1.54, 1.807) is 27.4 Å². The minimum absolute atomic E-state index is 0.0395. The fourth-order valence-corrected chi connectivity index (χ4v) is 5.55. The van der Waals surface area contributed by atoms with Crippen molar-refractivity contribution in [3.63, 3.8) is 0 Å². The Morgan fingerprint density at radius 2 is 1.95 bits per heavy atom. The van der Waals surface area contributed by atoms with E-state index in [2.05, 4.69) is 20.4 Å². The molecule has 8 nitrogen and oxygen atoms in total. The Kier molecular flexibility index (Phi) is 8.85. The molecule has 1 saturated carbocycles. The third kappa shape index (κ3) is 7.54. The maximum absolute atomic E-state index is 13.2. The molecular formula is C24H28F3N5O3S2. The summed E-state index contributed by atoms with van der Waals surface area (Å²) in [6, 6.07) is 4.92. The number of hydrogen-bond donors (Lipinski definition) is 2. The molecule has 2 aliphatic rings. The van der Waals surface area contributed by atoms with Crippen LogP contribution in [0.3, 0.4) is 0 Å². The van der Waals surface area contributed by atoms with Gasteiger partial charge in [0.25, 0.3) is 0 Å². The normalized spacial score (nSPS) is 17.9. The molecule has 2 N–H and O–H groups in total. The Morgan fingerprint density at radius 1 is 1.19 bits per heavy atom. The van der Waals surface area contributed by atoms with Crippen molar-refractivity contribution in [3.8, 4) is 5.75 Å². The van der Waals surface area contributed by atoms with Crippen LogP contribution in [0.15, 0.2) is 35.8 Å². The summed E-state index contributed by atoms with van der Waals surface area (Å²) in [6.07, 6.45) is 2.81. The SMILES string of the molecule is O=C(Nc1nccs1)C(CC1CCCCC1)N1CCN(C(=S)Nc2ccccc2OC(F)(F)F)CC1=O. The van der Waals surface area contributed by atoms with E-state index in [4.69, 9.17) is 12.2 Å². The zero-order valence-electron chi connectivity index (χ0n) is 20.0. The Hall–Kier alpha value is -2.93. The summed E-state index contributed by atoms with van der Waals surface area (Å²) in [4.78, 5) is 33.8. The standard InChI is InChI=1S/C24H28F3N5O3S2/c25-24(26,27)35-19-9-5-4-8-17(19)29-23(36)31-11-12-32(20(33)15-31)18(14-16-6-2-1-3-7-16)21(34)30-22-28-10-13-37-22/h4-5,8-10,13,16,18H,1-3,6-7,11-12,14-15H2,(H,29,36)(H,28,30,34). The lowest BCUT2D eigenvalue weighted by Gasteiger charge is -2.40. The van der Waals surface area contributed by atoms with E-state index in [9.17, 15) is 22.8 Å². The van der Waals surface area contributed by atoms with Gasteiger partial charge >= 0.3 is 6.36 Å². The molecule has 4 rings (SSSR count). The predicted molar refractivity (Wildman–Crippen MR) is 138 cm³/mol. The van der Waals surface area contributed by atoms with E-state index in [1.807, 2.05) is 0 Å². The van der Waals surface area contributed by atoms with Gasteiger partial charge in [-0.3, -0.25) is 9.59 Å². The molecule has 37 heavy (non-hydrogen) atoms. The van der Waals surface area contributed by atoms with Crippen molar-refractivity contribution in [3.05, 3.63) is 35.8 Å². The van der Waals surface area contributed by atoms with Crippen molar-refractivity contribution < 1.29 is 27.5 Å². The molecular weight excluding hydrogens is 527 g/mol. The first-order chi connectivity index (χ1) is 17.7. The molecule has 200 valence electrons. The van der Waals surface area contributed by atoms with Crippen molar-refractivity contribution in [2.45, 2.75) is 50.9 Å². The highest BCUT2D eigenvalue weighted by Gasteiger charge is 2.37. The molecule has 2 aromatic rings. The van der Waals surface area contributed by atoms with E-state index in [0.717, 1.165) is 25.7 Å². The lowest BCUT2D eigenvalue weighted by atomic mass is 9.84. The molecule has 0 bridgehead atoms. The van der Waals surface area contributed by atoms with E-state index >= 15 is 0 Å². The first-order valence-electron chi connectivity index (χ1n) is 12.1. The molecule has 1 aromatic carbocycles. The molecule has 2 heterocycles. The fourth-order valence-electron chi connectivity index (χ4n) is 4.76. The number of amides is 2. The van der Waals surface area contributed by atoms with E-state index in [1.165, 1.54) is 36.0 Å². The second-order valence-electron chi connectivity index (χ2n) is 9.06. The molecule has 1 aliphatic carbocycles. The quantitative estimate of drug-likeness (QED) is 0.472. The number of benzene rings is 1. The lowest BCUT2D eigenvalue weighted by molar-refractivity contribution is -0.274. The molecule has 13 heteroatoms. The van der Waals surface area contributed by atoms with Crippen LogP contribution in [-0.4, -0.2) is 63.7 Å². The fraction of sp³-hybridized carbons (Fsp3) is 0.500. The summed E-state index contributed by atoms with van der Waals surface area (Å²) in [6.45, 7) is 0.482. The van der Waals surface area contributed by atoms with Crippen molar-refractivity contribution in [2.24, 2.45) is 5.92 Å². The van der Waals surface area contributed by atoms with Gasteiger partial charge in [0.05, 0.1) is 12.2 Å². The van der Waals surface area contributed by atoms with Gasteiger partial charge in [0.2, 0.25) is 11.8 Å². The van der Waals surface area contributed by atoms with Crippen LogP contribution in [0.5, 0.6) is 5.75 Å². The first kappa shape index (κ1) is 27.1. The smallest absolute Gasteiger partial charge is 0.404 e. The molecule has 0 radical (unpaired) electrons. The van der Waals surface area contributed by atoms with Crippen LogP contribution >= 0.6 is 23.6 Å². The predicted octanol–water partition coefficient (Wildman–Crippen LogP) is 4.86. The number of carbonyl (C=O) groups excluding carboxylic acids is 2. The number of hydrogen-bond acceptors (Lipinski definition) is 6. The summed E-state index contributed by atoms with van der Waals surface area (Å²) >= 11 is 6.71. The van der Waals surface area contributed by atoms with Gasteiger partial charge in [0, 0.05) is 24.7 Å². The average molecular weight is 556 g/mol. The van der Waals surface area contributed by atoms with Crippen LogP contribution in [-0.2, 0) is 9.59 Å². The van der Waals surface area contributed by atoms with Crippen molar-refractivity contribution in [1.29, 1.82) is 0 Å². The van der Waals surface area contributed by atoms with E-state index < -0.39 is 18.2 Å². The highest BCUT2D eigenvalue weighted by Crippen LogP contribution is 2.31. The lowest BCUT2D eigenvalue weighted by Crippen LogP contribution is -2.59. The van der Waals surface area contributed by atoms with Gasteiger partial charge < -0.3 is 25.2 Å². The number of nitrogens with zero attached hydrogens (tertiary/aromatic N) is 3. The van der Waals surface area contributed by atoms with Crippen molar-refractivity contribution >= 4 is 51.3 Å². The van der Waals surface area contributed by atoms with Crippen LogP contribution < -0.4 is 15.4 Å². The van der Waals surface area contributed by atoms with Crippen LogP contribution in [0.2, 0.25) is 0 Å². The summed E-state index contributed by atoms with van der Waals surface area (Å²) < 4.78 is 42.3. The Bertz CT molecular complexity index is 1090. The van der Waals surface area contributed by atoms with Gasteiger partial charge in [-0.15, -0.1) is 24.5 Å². The third-order valence-electron chi connectivity index (χ3n) is 6.52. The van der Waals surface area contributed by atoms with E-state index in [0.29, 0.717) is 24.0 Å². The van der Waals surface area contributed by atoms with Gasteiger partial charge in [-0.25, -0.2) is 4.98 Å². The van der Waals surface area contributed by atoms with Crippen LogP contribution in [0, 0.1) is 5.92 Å². The number of alkyl halides is 3. The maximum Gasteiger partial charge on any atom is 0.573 e. The number of piperazine rings is 1. The van der Waals surface area contributed by atoms with Gasteiger partial charge in [0.1, 0.15) is 6.04 Å². The Labute approximate surface area is 222 Å². The summed E-state index contributed by atoms with van der Waals surface area (Å²) in [7, 11) is 0. The first-order valence-corrected chi connectivity index (χ1v) is 13.4. The molecule has 1 unspecified atom stereocenters. The number of aromatic nitrogens is 1. The molecule has 2 fully saturated rings. The minimum Gasteiger partial charge on any atom is -0.404 e. The largest absolute Gasteiger partial charge is 0.573 e. The third-order valence-corrected chi connectivity index (χ3v) is 7.57. The summed E-state index contributed by atoms with van der Waals surface area (Å²) in [5.41, 5.74) is 0.0395. The van der Waals surface area contributed by atoms with Crippen molar-refractivity contribution in [1.82, 2.24) is 14.8 Å². The van der Waals surface area contributed by atoms with Crippen LogP contribution in [0.1, 0.15) is 38.5 Å². The summed E-state index contributed by atoms with van der Waals surface area (Å²) in [5.74, 6) is -0.597. The Balaban J connectivity index is 1.42. The molecule has 1 aromatic heterocycles. The minimum atomic E-state index is -4.85. The van der Waals surface area contributed by atoms with Gasteiger partial charge in [-0.05, 0) is 36.7 Å². The van der Waals surface area contributed by atoms with E-state index in [-0.39, 0.29) is 35.7 Å². The highest BCUT2D eigenvalue weighted by molar-refractivity contribution is 7.80. The molecule has 1 aliphatic heterocycles. The zero-order valence-corrected chi connectivity index (χ0v) is 21.6. The summed E-state index contributed by atoms with van der Waals surface area (Å²) in [5, 5.41) is 7.95. The monoisotopic (exact) mass is 555 g/mol. The van der Waals surface area contributed by atoms with Crippen LogP contribution in [0.4, 0.5) is 24.0 Å². The number of rotatable bonds is 7. The Morgan fingerprint density at radius 3 is 2.62 bits per heavy atom. The average Bonchev–Trinajstić information content (AvgIpc) is 3.37. The second-order valence-corrected chi connectivity index (χ2v) is 10.3. The maximum atomic E-state index is 13.2. The molecule has 1 atom stereocenters. The van der Waals surface area contributed by atoms with Crippen molar-refractivity contribution in [2.75, 3.05) is 30.3 Å². The number of anilines is 2. The molecule has 1 saturated heterocycles. The molecule has 2 amide bonds. The van der Waals surface area contributed by atoms with Gasteiger partial charge in [0.15, 0.2) is 16.0 Å². The van der Waals surface area contributed by atoms with Gasteiger partial charge in [-0.2, -0.15) is 0 Å². The number of carbonyl (C=O) groups is 2. The highest BCUT2D eigenvalue weighted by atomic mass is 32.1. The number of thiazole rings is 1. The topological polar surface area (TPSA) is 86.8 Å². The second kappa shape index (κ2) is 12.1. The number of para-hydroxylation sites is 2. The number of halogens is 3.